The van der Waals surface area contributed by atoms with Crippen molar-refractivity contribution in [2.75, 3.05) is 0 Å². The number of nitrogens with zero attached hydrogens (tertiary/aromatic N) is 1. The largest absolute Gasteiger partial charge is 0.252 e. The molecule has 0 aromatic heterocycles. The lowest BCUT2D eigenvalue weighted by Crippen LogP contribution is -2.45. The van der Waals surface area contributed by atoms with Crippen molar-refractivity contribution in [1.82, 2.24) is 0 Å². The van der Waals surface area contributed by atoms with Gasteiger partial charge in [0.2, 0.25) is 0 Å². The van der Waals surface area contributed by atoms with Gasteiger partial charge in [0.25, 0.3) is 0 Å². The first-order valence-electron chi connectivity index (χ1n) is 27.0. The van der Waals surface area contributed by atoms with Gasteiger partial charge in [0, 0.05) is 21.1 Å². The van der Waals surface area contributed by atoms with Crippen LogP contribution in [0.5, 0.6) is 0 Å². The molecule has 77 heavy (non-hydrogen) atoms. The Kier molecular flexibility index (Phi) is 9.90. The fourth-order valence-corrected chi connectivity index (χ4v) is 15.5. The van der Waals surface area contributed by atoms with Gasteiger partial charge in [-0.3, -0.25) is 4.99 Å². The van der Waals surface area contributed by atoms with Crippen LogP contribution in [0.3, 0.4) is 0 Å². The first-order chi connectivity index (χ1) is 38.2. The normalized spacial score (nSPS) is 17.3. The van der Waals surface area contributed by atoms with Gasteiger partial charge in [0.1, 0.15) is 0 Å². The third-order valence-corrected chi connectivity index (χ3v) is 18.5. The Morgan fingerprint density at radius 3 is 1.40 bits per heavy atom. The van der Waals surface area contributed by atoms with E-state index in [2.05, 4.69) is 273 Å². The van der Waals surface area contributed by atoms with Gasteiger partial charge in [-0.25, -0.2) is 0 Å². The van der Waals surface area contributed by atoms with Crippen molar-refractivity contribution in [2.24, 2.45) is 4.99 Å². The second-order valence-electron chi connectivity index (χ2n) is 21.0. The summed E-state index contributed by atoms with van der Waals surface area (Å²) in [6.45, 7) is 0. The standard InChI is InChI=1S/C75H49NS/c1-2-20-50(21-3-1)71-47-51(22-18-38-70(76-71)52-44-45-58-56-25-5-4-23-54(56)55-24-6-7-26-57(55)61(58)46-52)48-40-42-49(43-41-48)53-29-19-37-69-73(53)77-72-39-17-16-36-68(72)75(69)66-34-14-12-32-64(66)74(65-33-13-15-35-67(65)75)62-30-10-8-27-59(62)60-28-9-11-31-63(60)74/h1-17,19-37,39-47H,18,38H2/b51-22+,71-47-,76-70+. The van der Waals surface area contributed by atoms with Gasteiger partial charge in [-0.2, -0.15) is 0 Å². The highest BCUT2D eigenvalue weighted by atomic mass is 32.2. The molecule has 2 heteroatoms. The van der Waals surface area contributed by atoms with E-state index in [9.17, 15) is 0 Å². The van der Waals surface area contributed by atoms with Crippen LogP contribution >= 0.6 is 11.8 Å². The zero-order valence-electron chi connectivity index (χ0n) is 42.3. The third-order valence-electron chi connectivity index (χ3n) is 17.3. The predicted molar refractivity (Wildman–Crippen MR) is 322 cm³/mol. The van der Waals surface area contributed by atoms with Gasteiger partial charge in [-0.15, -0.1) is 0 Å². The quantitative estimate of drug-likeness (QED) is 0.160. The zero-order valence-corrected chi connectivity index (χ0v) is 43.1. The molecule has 0 fully saturated rings. The SMILES string of the molecule is C1=C(c2ccccc2)\N=C(\c2ccc3c4ccccc4c4ccccc4c3c2)CC\C=C/1c1ccc(-c2cccc3c2Sc2ccccc2C32c3ccccc3C3(c4ccccc4-c4ccccc43)c3ccccc32)cc1. The molecular weight excluding hydrogens is 947 g/mol. The number of allylic oxidation sites excluding steroid dienone is 3. The maximum atomic E-state index is 5.59. The smallest absolute Gasteiger partial charge is 0.0730 e. The summed E-state index contributed by atoms with van der Waals surface area (Å²) in [6.07, 6.45) is 6.42. The first kappa shape index (κ1) is 44.2. The highest BCUT2D eigenvalue weighted by Gasteiger charge is 2.58. The molecule has 2 spiro atoms. The van der Waals surface area contributed by atoms with Gasteiger partial charge in [0.15, 0.2) is 0 Å². The molecule has 0 saturated carbocycles. The van der Waals surface area contributed by atoms with Crippen LogP contribution in [-0.4, -0.2) is 5.71 Å². The number of benzene rings is 12. The fraction of sp³-hybridized carbons (Fsp3) is 0.0533. The average molecular weight is 996 g/mol. The molecule has 4 aliphatic rings. The number of fused-ring (bicyclic) bond motifs is 21. The summed E-state index contributed by atoms with van der Waals surface area (Å²) in [6, 6.07) is 97.9. The van der Waals surface area contributed by atoms with Crippen molar-refractivity contribution in [1.29, 1.82) is 0 Å². The molecular formula is C75H49NS. The maximum absolute atomic E-state index is 5.59. The lowest BCUT2D eigenvalue weighted by molar-refractivity contribution is 0.606. The summed E-state index contributed by atoms with van der Waals surface area (Å²) in [5.74, 6) is 0. The highest BCUT2D eigenvalue weighted by Crippen LogP contribution is 2.67. The Hall–Kier alpha value is -9.08. The molecule has 0 saturated heterocycles. The van der Waals surface area contributed by atoms with Crippen molar-refractivity contribution in [3.05, 3.63) is 334 Å². The number of hydrogen-bond donors (Lipinski definition) is 0. The van der Waals surface area contributed by atoms with Gasteiger partial charge < -0.3 is 0 Å². The second kappa shape index (κ2) is 17.2. The fourth-order valence-electron chi connectivity index (χ4n) is 14.2. The van der Waals surface area contributed by atoms with Crippen LogP contribution < -0.4 is 0 Å². The minimum atomic E-state index is -0.575. The molecule has 0 amide bonds. The van der Waals surface area contributed by atoms with Crippen LogP contribution in [0.4, 0.5) is 0 Å². The summed E-state index contributed by atoms with van der Waals surface area (Å²) >= 11 is 1.92. The van der Waals surface area contributed by atoms with E-state index in [1.165, 1.54) is 126 Å². The van der Waals surface area contributed by atoms with E-state index in [0.29, 0.717) is 0 Å². The van der Waals surface area contributed by atoms with Crippen molar-refractivity contribution in [2.45, 2.75) is 33.5 Å². The Morgan fingerprint density at radius 2 is 0.779 bits per heavy atom. The number of hydrogen-bond acceptors (Lipinski definition) is 2. The summed E-state index contributed by atoms with van der Waals surface area (Å²) in [5.41, 5.74) is 21.5. The minimum Gasteiger partial charge on any atom is -0.252 e. The zero-order chi connectivity index (χ0) is 50.7. The molecule has 16 rings (SSSR count). The van der Waals surface area contributed by atoms with Crippen LogP contribution in [0.2, 0.25) is 0 Å². The van der Waals surface area contributed by atoms with Crippen molar-refractivity contribution in [3.63, 3.8) is 0 Å². The molecule has 0 radical (unpaired) electrons. The van der Waals surface area contributed by atoms with Crippen LogP contribution in [0.15, 0.2) is 288 Å². The van der Waals surface area contributed by atoms with E-state index in [0.717, 1.165) is 29.8 Å². The molecule has 0 bridgehead atoms. The molecule has 2 heterocycles. The van der Waals surface area contributed by atoms with Crippen molar-refractivity contribution in [3.8, 4) is 22.3 Å². The molecule has 12 aromatic rings. The lowest BCUT2D eigenvalue weighted by atomic mass is 9.51. The molecule has 0 unspecified atom stereocenters. The van der Waals surface area contributed by atoms with Crippen LogP contribution in [-0.2, 0) is 10.8 Å². The molecule has 360 valence electrons. The monoisotopic (exact) mass is 995 g/mol. The Bertz CT molecular complexity index is 4400. The number of rotatable bonds is 4. The number of aliphatic imine (C=N–C) groups is 1. The minimum absolute atomic E-state index is 0.479. The Balaban J connectivity index is 0.822. The van der Waals surface area contributed by atoms with Gasteiger partial charge in [-0.05, 0) is 147 Å². The highest BCUT2D eigenvalue weighted by molar-refractivity contribution is 7.99. The molecule has 0 atom stereocenters. The topological polar surface area (TPSA) is 12.4 Å². The van der Waals surface area contributed by atoms with Crippen molar-refractivity contribution >= 4 is 61.1 Å². The van der Waals surface area contributed by atoms with E-state index in [4.69, 9.17) is 4.99 Å². The van der Waals surface area contributed by atoms with Gasteiger partial charge >= 0.3 is 0 Å². The third kappa shape index (κ3) is 6.34. The molecule has 0 N–H and O–H groups in total. The van der Waals surface area contributed by atoms with E-state index in [-0.39, 0.29) is 0 Å². The summed E-state index contributed by atoms with van der Waals surface area (Å²) in [7, 11) is 0. The van der Waals surface area contributed by atoms with Crippen molar-refractivity contribution < 1.29 is 0 Å². The summed E-state index contributed by atoms with van der Waals surface area (Å²) in [5, 5.41) is 7.68. The molecule has 12 aromatic carbocycles. The van der Waals surface area contributed by atoms with Gasteiger partial charge in [-0.1, -0.05) is 267 Å². The summed E-state index contributed by atoms with van der Waals surface area (Å²) < 4.78 is 0. The Morgan fingerprint density at radius 1 is 0.325 bits per heavy atom. The molecule has 2 aliphatic heterocycles. The maximum Gasteiger partial charge on any atom is 0.0730 e. The van der Waals surface area contributed by atoms with Crippen LogP contribution in [0.1, 0.15) is 74.0 Å². The lowest BCUT2D eigenvalue weighted by Gasteiger charge is -2.52. The van der Waals surface area contributed by atoms with Gasteiger partial charge in [0.05, 0.1) is 16.5 Å². The van der Waals surface area contributed by atoms with Crippen LogP contribution in [0.25, 0.3) is 65.8 Å². The van der Waals surface area contributed by atoms with Crippen LogP contribution in [0, 0.1) is 0 Å². The van der Waals surface area contributed by atoms with E-state index in [1.807, 2.05) is 11.8 Å². The first-order valence-corrected chi connectivity index (χ1v) is 27.8. The predicted octanol–water partition coefficient (Wildman–Crippen LogP) is 19.0. The summed E-state index contributed by atoms with van der Waals surface area (Å²) in [4.78, 5) is 8.18. The molecule has 1 nitrogen and oxygen atoms in total. The van der Waals surface area contributed by atoms with E-state index < -0.39 is 10.8 Å². The van der Waals surface area contributed by atoms with E-state index in [1.54, 1.807) is 0 Å². The van der Waals surface area contributed by atoms with E-state index >= 15 is 0 Å². The average Bonchev–Trinajstić information content (AvgIpc) is 3.95. The second-order valence-corrected chi connectivity index (χ2v) is 22.1. The Labute approximate surface area is 453 Å². The molecule has 2 aliphatic carbocycles.